The standard InChI is InChI=1S/C8H5FN2O5/c9-4-8(12)5-1-6(10(13)14)3-7(2-5)11(15)16/h1-3H,4H2. The zero-order valence-corrected chi connectivity index (χ0v) is 7.75. The molecule has 1 rings (SSSR count). The van der Waals surface area contributed by atoms with Crippen molar-refractivity contribution in [1.29, 1.82) is 0 Å². The zero-order valence-electron chi connectivity index (χ0n) is 7.75. The van der Waals surface area contributed by atoms with Gasteiger partial charge in [-0.25, -0.2) is 4.39 Å². The second-order valence-corrected chi connectivity index (χ2v) is 2.81. The van der Waals surface area contributed by atoms with Crippen LogP contribution in [0, 0.1) is 20.2 Å². The molecule has 0 N–H and O–H groups in total. The quantitative estimate of drug-likeness (QED) is 0.442. The molecule has 0 spiro atoms. The van der Waals surface area contributed by atoms with E-state index in [-0.39, 0.29) is 5.56 Å². The van der Waals surface area contributed by atoms with E-state index in [0.29, 0.717) is 6.07 Å². The Morgan fingerprint density at radius 3 is 1.88 bits per heavy atom. The van der Waals surface area contributed by atoms with Gasteiger partial charge in [-0.2, -0.15) is 0 Å². The van der Waals surface area contributed by atoms with Crippen molar-refractivity contribution in [2.24, 2.45) is 0 Å². The number of carbonyl (C=O) groups excluding carboxylic acids is 1. The molecule has 0 fully saturated rings. The molecule has 0 saturated carbocycles. The van der Waals surface area contributed by atoms with Crippen LogP contribution in [0.1, 0.15) is 10.4 Å². The number of carbonyl (C=O) groups is 1. The van der Waals surface area contributed by atoms with Gasteiger partial charge in [-0.1, -0.05) is 0 Å². The number of hydrogen-bond donors (Lipinski definition) is 0. The van der Waals surface area contributed by atoms with Gasteiger partial charge in [0.25, 0.3) is 11.4 Å². The first kappa shape index (κ1) is 11.7. The maximum absolute atomic E-state index is 12.0. The van der Waals surface area contributed by atoms with Crippen LogP contribution in [0.25, 0.3) is 0 Å². The van der Waals surface area contributed by atoms with Crippen molar-refractivity contribution in [1.82, 2.24) is 0 Å². The van der Waals surface area contributed by atoms with Crippen LogP contribution in [0.2, 0.25) is 0 Å². The van der Waals surface area contributed by atoms with Crippen molar-refractivity contribution in [2.45, 2.75) is 0 Å². The molecule has 0 atom stereocenters. The number of nitrogens with zero attached hydrogens (tertiary/aromatic N) is 2. The Bertz CT molecular complexity index is 441. The smallest absolute Gasteiger partial charge is 0.277 e. The average Bonchev–Trinajstić information content (AvgIpc) is 2.27. The third kappa shape index (κ3) is 2.35. The molecule has 0 radical (unpaired) electrons. The Morgan fingerprint density at radius 2 is 1.56 bits per heavy atom. The Labute approximate surface area is 87.8 Å². The van der Waals surface area contributed by atoms with Gasteiger partial charge in [0.15, 0.2) is 12.5 Å². The summed E-state index contributed by atoms with van der Waals surface area (Å²) in [4.78, 5) is 30.0. The molecule has 7 nitrogen and oxygen atoms in total. The van der Waals surface area contributed by atoms with Gasteiger partial charge >= 0.3 is 0 Å². The normalized spacial score (nSPS) is 9.81. The first-order valence-corrected chi connectivity index (χ1v) is 3.98. The maximum atomic E-state index is 12.0. The molecule has 0 saturated heterocycles. The van der Waals surface area contributed by atoms with Crippen LogP contribution in [0.15, 0.2) is 18.2 Å². The summed E-state index contributed by atoms with van der Waals surface area (Å²) in [5.41, 5.74) is -1.62. The monoisotopic (exact) mass is 228 g/mol. The highest BCUT2D eigenvalue weighted by Crippen LogP contribution is 2.22. The van der Waals surface area contributed by atoms with E-state index in [1.165, 1.54) is 0 Å². The van der Waals surface area contributed by atoms with E-state index in [0.717, 1.165) is 12.1 Å². The number of Topliss-reactive ketones (excluding diaryl/α,β-unsaturated/α-hetero) is 1. The fourth-order valence-electron chi connectivity index (χ4n) is 1.04. The molecule has 0 unspecified atom stereocenters. The summed E-state index contributed by atoms with van der Waals surface area (Å²) in [7, 11) is 0. The summed E-state index contributed by atoms with van der Waals surface area (Å²) in [6.45, 7) is -1.36. The lowest BCUT2D eigenvalue weighted by Gasteiger charge is -1.97. The van der Waals surface area contributed by atoms with Crippen molar-refractivity contribution in [2.75, 3.05) is 6.67 Å². The van der Waals surface area contributed by atoms with Crippen LogP contribution >= 0.6 is 0 Å². The Morgan fingerprint density at radius 1 is 1.12 bits per heavy atom. The predicted octanol–water partition coefficient (Wildman–Crippen LogP) is 1.66. The first-order chi connectivity index (χ1) is 7.45. The first-order valence-electron chi connectivity index (χ1n) is 3.98. The zero-order chi connectivity index (χ0) is 12.3. The van der Waals surface area contributed by atoms with E-state index in [2.05, 4.69) is 0 Å². The Kier molecular flexibility index (Phi) is 3.24. The fourth-order valence-corrected chi connectivity index (χ4v) is 1.04. The molecule has 0 heterocycles. The molecule has 0 bridgehead atoms. The van der Waals surface area contributed by atoms with Gasteiger partial charge in [-0.15, -0.1) is 0 Å². The van der Waals surface area contributed by atoms with E-state index in [1.54, 1.807) is 0 Å². The molecule has 0 aromatic heterocycles. The SMILES string of the molecule is O=C(CF)c1cc([N+](=O)[O-])cc([N+](=O)[O-])c1. The van der Waals surface area contributed by atoms with Crippen LogP contribution in [-0.2, 0) is 0 Å². The second kappa shape index (κ2) is 4.43. The van der Waals surface area contributed by atoms with Crippen molar-refractivity contribution < 1.29 is 19.0 Å². The lowest BCUT2D eigenvalue weighted by molar-refractivity contribution is -0.394. The summed E-state index contributed by atoms with van der Waals surface area (Å²) >= 11 is 0. The van der Waals surface area contributed by atoms with Gasteiger partial charge in [0.05, 0.1) is 15.9 Å². The third-order valence-corrected chi connectivity index (χ3v) is 1.77. The number of hydrogen-bond acceptors (Lipinski definition) is 5. The Hall–Kier alpha value is -2.38. The van der Waals surface area contributed by atoms with Gasteiger partial charge in [0.1, 0.15) is 0 Å². The third-order valence-electron chi connectivity index (χ3n) is 1.77. The topological polar surface area (TPSA) is 103 Å². The molecule has 1 aromatic rings. The minimum atomic E-state index is -1.36. The number of nitro groups is 2. The number of halogens is 1. The van der Waals surface area contributed by atoms with E-state index in [4.69, 9.17) is 0 Å². The van der Waals surface area contributed by atoms with Gasteiger partial charge < -0.3 is 0 Å². The van der Waals surface area contributed by atoms with Crippen LogP contribution in [0.5, 0.6) is 0 Å². The minimum Gasteiger partial charge on any atom is -0.291 e. The maximum Gasteiger partial charge on any atom is 0.277 e. The van der Waals surface area contributed by atoms with Crippen LogP contribution < -0.4 is 0 Å². The van der Waals surface area contributed by atoms with Crippen LogP contribution in [-0.4, -0.2) is 22.3 Å². The second-order valence-electron chi connectivity index (χ2n) is 2.81. The minimum absolute atomic E-state index is 0.386. The highest BCUT2D eigenvalue weighted by atomic mass is 19.1. The molecule has 0 aliphatic rings. The predicted molar refractivity (Wildman–Crippen MR) is 50.1 cm³/mol. The van der Waals surface area contributed by atoms with E-state index < -0.39 is 33.7 Å². The fraction of sp³-hybridized carbons (Fsp3) is 0.125. The van der Waals surface area contributed by atoms with Gasteiger partial charge in [0, 0.05) is 17.7 Å². The lowest BCUT2D eigenvalue weighted by atomic mass is 10.1. The number of ketones is 1. The molecule has 16 heavy (non-hydrogen) atoms. The number of rotatable bonds is 4. The highest BCUT2D eigenvalue weighted by molar-refractivity contribution is 5.98. The molecule has 0 amide bonds. The van der Waals surface area contributed by atoms with Crippen LogP contribution in [0.3, 0.4) is 0 Å². The van der Waals surface area contributed by atoms with Crippen molar-refractivity contribution in [3.05, 3.63) is 44.0 Å². The average molecular weight is 228 g/mol. The van der Waals surface area contributed by atoms with Crippen molar-refractivity contribution in [3.8, 4) is 0 Å². The number of benzene rings is 1. The summed E-state index contributed by atoms with van der Waals surface area (Å²) in [5, 5.41) is 20.8. The molecule has 1 aromatic carbocycles. The molecular weight excluding hydrogens is 223 g/mol. The number of non-ortho nitro benzene ring substituents is 2. The molecule has 8 heteroatoms. The highest BCUT2D eigenvalue weighted by Gasteiger charge is 2.19. The largest absolute Gasteiger partial charge is 0.291 e. The molecular formula is C8H5FN2O5. The van der Waals surface area contributed by atoms with Crippen molar-refractivity contribution >= 4 is 17.2 Å². The summed E-state index contributed by atoms with van der Waals surface area (Å²) in [6.07, 6.45) is 0. The van der Waals surface area contributed by atoms with Crippen LogP contribution in [0.4, 0.5) is 15.8 Å². The number of nitro benzene ring substituents is 2. The molecule has 0 aliphatic heterocycles. The van der Waals surface area contributed by atoms with E-state index in [9.17, 15) is 29.4 Å². The summed E-state index contributed by atoms with van der Waals surface area (Å²) in [5.74, 6) is -1.04. The lowest BCUT2D eigenvalue weighted by Crippen LogP contribution is -2.03. The number of alkyl halides is 1. The van der Waals surface area contributed by atoms with Gasteiger partial charge in [0.2, 0.25) is 0 Å². The molecule has 0 aliphatic carbocycles. The van der Waals surface area contributed by atoms with Gasteiger partial charge in [-0.3, -0.25) is 25.0 Å². The Balaban J connectivity index is 3.35. The molecule has 84 valence electrons. The van der Waals surface area contributed by atoms with E-state index >= 15 is 0 Å². The summed E-state index contributed by atoms with van der Waals surface area (Å²) in [6, 6.07) is 2.30. The van der Waals surface area contributed by atoms with E-state index in [1.807, 2.05) is 0 Å². The summed E-state index contributed by atoms with van der Waals surface area (Å²) < 4.78 is 12.0. The van der Waals surface area contributed by atoms with Gasteiger partial charge in [-0.05, 0) is 0 Å². The van der Waals surface area contributed by atoms with Crippen molar-refractivity contribution in [3.63, 3.8) is 0 Å².